The van der Waals surface area contributed by atoms with Crippen LogP contribution < -0.4 is 15.0 Å². The molecule has 1 N–H and O–H groups in total. The number of hydrogen-bond acceptors (Lipinski definition) is 5. The molecule has 0 saturated carbocycles. The second-order valence-electron chi connectivity index (χ2n) is 6.81. The molecular weight excluding hydrogens is 386 g/mol. The van der Waals surface area contributed by atoms with Crippen LogP contribution in [0.4, 0.5) is 5.69 Å². The Balaban J connectivity index is 1.37. The number of para-hydroxylation sites is 2. The monoisotopic (exact) mass is 407 g/mol. The van der Waals surface area contributed by atoms with Crippen molar-refractivity contribution >= 4 is 28.8 Å². The fourth-order valence-electron chi connectivity index (χ4n) is 3.39. The van der Waals surface area contributed by atoms with Gasteiger partial charge in [-0.1, -0.05) is 42.5 Å². The lowest BCUT2D eigenvalue weighted by Crippen LogP contribution is -2.32. The first-order valence-corrected chi connectivity index (χ1v) is 10.2. The van der Waals surface area contributed by atoms with Gasteiger partial charge < -0.3 is 15.0 Å². The third-order valence-electron chi connectivity index (χ3n) is 4.89. The van der Waals surface area contributed by atoms with Crippen molar-refractivity contribution in [2.45, 2.75) is 13.0 Å². The highest BCUT2D eigenvalue weighted by Gasteiger charge is 2.36. The molecule has 1 saturated heterocycles. The number of carbonyl (C=O) groups excluding carboxylic acids is 2. The second kappa shape index (κ2) is 8.45. The average molecular weight is 407 g/mol. The van der Waals surface area contributed by atoms with Crippen LogP contribution in [-0.4, -0.2) is 30.5 Å². The molecular formula is C22H21N3O3S. The molecule has 29 heavy (non-hydrogen) atoms. The molecule has 1 atom stereocenters. The third kappa shape index (κ3) is 4.14. The molecule has 0 radical (unpaired) electrons. The van der Waals surface area contributed by atoms with Gasteiger partial charge in [0.2, 0.25) is 11.8 Å². The lowest BCUT2D eigenvalue weighted by molar-refractivity contribution is -0.126. The first-order valence-electron chi connectivity index (χ1n) is 9.36. The van der Waals surface area contributed by atoms with Crippen molar-refractivity contribution in [3.63, 3.8) is 0 Å². The Morgan fingerprint density at radius 3 is 2.76 bits per heavy atom. The van der Waals surface area contributed by atoms with Gasteiger partial charge in [0.05, 0.1) is 31.0 Å². The molecule has 0 bridgehead atoms. The van der Waals surface area contributed by atoms with E-state index in [1.165, 1.54) is 0 Å². The zero-order valence-corrected chi connectivity index (χ0v) is 16.8. The van der Waals surface area contributed by atoms with Gasteiger partial charge >= 0.3 is 0 Å². The Kier molecular flexibility index (Phi) is 5.57. The van der Waals surface area contributed by atoms with Crippen LogP contribution in [0, 0.1) is 5.92 Å². The summed E-state index contributed by atoms with van der Waals surface area (Å²) in [6, 6.07) is 17.3. The molecule has 1 aliphatic rings. The van der Waals surface area contributed by atoms with E-state index in [2.05, 4.69) is 10.3 Å². The van der Waals surface area contributed by atoms with Crippen LogP contribution >= 0.6 is 11.3 Å². The van der Waals surface area contributed by atoms with Gasteiger partial charge in [0.25, 0.3) is 0 Å². The highest BCUT2D eigenvalue weighted by atomic mass is 32.1. The number of amides is 2. The Morgan fingerprint density at radius 2 is 1.97 bits per heavy atom. The number of hydrogen-bond donors (Lipinski definition) is 1. The smallest absolute Gasteiger partial charge is 0.227 e. The van der Waals surface area contributed by atoms with Crippen LogP contribution in [0.3, 0.4) is 0 Å². The maximum atomic E-state index is 12.6. The summed E-state index contributed by atoms with van der Waals surface area (Å²) >= 11 is 1.55. The Morgan fingerprint density at radius 1 is 1.21 bits per heavy atom. The Labute approximate surface area is 173 Å². The summed E-state index contributed by atoms with van der Waals surface area (Å²) in [5, 5.41) is 5.79. The van der Waals surface area contributed by atoms with E-state index in [4.69, 9.17) is 4.74 Å². The van der Waals surface area contributed by atoms with Gasteiger partial charge in [-0.25, -0.2) is 4.98 Å². The van der Waals surface area contributed by atoms with Gasteiger partial charge in [-0.3, -0.25) is 9.59 Å². The van der Waals surface area contributed by atoms with Crippen molar-refractivity contribution in [2.75, 3.05) is 18.6 Å². The minimum atomic E-state index is -0.389. The standard InChI is InChI=1S/C22H21N3O3S/c1-28-19-10-6-5-9-18(19)25-13-16(11-20(25)26)21(27)23-12-17-14-29-22(24-17)15-7-3-2-4-8-15/h2-10,14,16H,11-13H2,1H3,(H,23,27). The second-order valence-corrected chi connectivity index (χ2v) is 7.66. The molecule has 2 aromatic carbocycles. The molecule has 4 rings (SSSR count). The van der Waals surface area contributed by atoms with Crippen LogP contribution in [0.1, 0.15) is 12.1 Å². The molecule has 0 spiro atoms. The largest absolute Gasteiger partial charge is 0.495 e. The summed E-state index contributed by atoms with van der Waals surface area (Å²) in [6.45, 7) is 0.693. The van der Waals surface area contributed by atoms with E-state index in [0.29, 0.717) is 24.5 Å². The fourth-order valence-corrected chi connectivity index (χ4v) is 4.22. The summed E-state index contributed by atoms with van der Waals surface area (Å²) in [6.07, 6.45) is 0.191. The normalized spacial score (nSPS) is 16.1. The molecule has 1 fully saturated rings. The molecule has 6 nitrogen and oxygen atoms in total. The van der Waals surface area contributed by atoms with E-state index < -0.39 is 0 Å². The molecule has 0 aliphatic carbocycles. The summed E-state index contributed by atoms with van der Waals surface area (Å²) in [5.41, 5.74) is 2.57. The number of aromatic nitrogens is 1. The fraction of sp³-hybridized carbons (Fsp3) is 0.227. The van der Waals surface area contributed by atoms with Crippen LogP contribution in [0.2, 0.25) is 0 Å². The minimum Gasteiger partial charge on any atom is -0.495 e. The summed E-state index contributed by atoms with van der Waals surface area (Å²) in [5.74, 6) is 0.0251. The van der Waals surface area contributed by atoms with E-state index in [0.717, 1.165) is 16.3 Å². The lowest BCUT2D eigenvalue weighted by atomic mass is 10.1. The zero-order valence-electron chi connectivity index (χ0n) is 16.0. The minimum absolute atomic E-state index is 0.0744. The predicted octanol–water partition coefficient (Wildman–Crippen LogP) is 3.49. The number of benzene rings is 2. The van der Waals surface area contributed by atoms with Crippen molar-refractivity contribution in [3.8, 4) is 16.3 Å². The molecule has 1 aromatic heterocycles. The number of thiazole rings is 1. The predicted molar refractivity (Wildman–Crippen MR) is 113 cm³/mol. The number of nitrogens with one attached hydrogen (secondary N) is 1. The molecule has 2 heterocycles. The van der Waals surface area contributed by atoms with Gasteiger partial charge in [0, 0.05) is 23.9 Å². The van der Waals surface area contributed by atoms with Gasteiger partial charge in [0.1, 0.15) is 10.8 Å². The topological polar surface area (TPSA) is 71.5 Å². The van der Waals surface area contributed by atoms with E-state index in [1.54, 1.807) is 23.3 Å². The molecule has 148 valence electrons. The number of ether oxygens (including phenoxy) is 1. The highest BCUT2D eigenvalue weighted by Crippen LogP contribution is 2.32. The number of rotatable bonds is 6. The van der Waals surface area contributed by atoms with Crippen molar-refractivity contribution in [3.05, 3.63) is 65.7 Å². The Bertz CT molecular complexity index is 1020. The van der Waals surface area contributed by atoms with E-state index in [-0.39, 0.29) is 24.2 Å². The van der Waals surface area contributed by atoms with Crippen LogP contribution in [0.15, 0.2) is 60.0 Å². The molecule has 1 unspecified atom stereocenters. The molecule has 2 amide bonds. The van der Waals surface area contributed by atoms with Crippen molar-refractivity contribution < 1.29 is 14.3 Å². The van der Waals surface area contributed by atoms with Gasteiger partial charge in [-0.2, -0.15) is 0 Å². The SMILES string of the molecule is COc1ccccc1N1CC(C(=O)NCc2csc(-c3ccccc3)n2)CC1=O. The van der Waals surface area contributed by atoms with Gasteiger partial charge in [0.15, 0.2) is 0 Å². The third-order valence-corrected chi connectivity index (χ3v) is 5.83. The van der Waals surface area contributed by atoms with Crippen LogP contribution in [-0.2, 0) is 16.1 Å². The first kappa shape index (κ1) is 19.1. The first-order chi connectivity index (χ1) is 14.2. The number of anilines is 1. The number of methoxy groups -OCH3 is 1. The van der Waals surface area contributed by atoms with Crippen molar-refractivity contribution in [2.24, 2.45) is 5.92 Å². The van der Waals surface area contributed by atoms with E-state index in [9.17, 15) is 9.59 Å². The summed E-state index contributed by atoms with van der Waals surface area (Å²) in [7, 11) is 1.57. The molecule has 1 aliphatic heterocycles. The van der Waals surface area contributed by atoms with E-state index in [1.807, 2.05) is 60.0 Å². The summed E-state index contributed by atoms with van der Waals surface area (Å²) in [4.78, 5) is 31.3. The number of nitrogens with zero attached hydrogens (tertiary/aromatic N) is 2. The van der Waals surface area contributed by atoms with Crippen LogP contribution in [0.25, 0.3) is 10.6 Å². The van der Waals surface area contributed by atoms with Crippen molar-refractivity contribution in [1.29, 1.82) is 0 Å². The highest BCUT2D eigenvalue weighted by molar-refractivity contribution is 7.13. The van der Waals surface area contributed by atoms with Gasteiger partial charge in [-0.15, -0.1) is 11.3 Å². The number of carbonyl (C=O) groups is 2. The Hall–Kier alpha value is -3.19. The quantitative estimate of drug-likeness (QED) is 0.679. The maximum Gasteiger partial charge on any atom is 0.227 e. The summed E-state index contributed by atoms with van der Waals surface area (Å²) < 4.78 is 5.34. The van der Waals surface area contributed by atoms with Crippen LogP contribution in [0.5, 0.6) is 5.75 Å². The molecule has 7 heteroatoms. The molecule has 3 aromatic rings. The zero-order chi connectivity index (χ0) is 20.2. The van der Waals surface area contributed by atoms with E-state index >= 15 is 0 Å². The lowest BCUT2D eigenvalue weighted by Gasteiger charge is -2.19. The van der Waals surface area contributed by atoms with Crippen molar-refractivity contribution in [1.82, 2.24) is 10.3 Å². The van der Waals surface area contributed by atoms with Gasteiger partial charge in [-0.05, 0) is 12.1 Å². The average Bonchev–Trinajstić information content (AvgIpc) is 3.39. The maximum absolute atomic E-state index is 12.6.